The van der Waals surface area contributed by atoms with E-state index >= 15 is 0 Å². The van der Waals surface area contributed by atoms with Crippen LogP contribution in [-0.4, -0.2) is 21.4 Å². The monoisotopic (exact) mass is 349 g/mol. The van der Waals surface area contributed by atoms with Crippen molar-refractivity contribution in [1.29, 1.82) is 0 Å². The number of hydrogen-bond donors (Lipinski definition) is 1. The van der Waals surface area contributed by atoms with Gasteiger partial charge in [-0.2, -0.15) is 9.36 Å². The van der Waals surface area contributed by atoms with E-state index in [1.807, 2.05) is 17.5 Å². The number of halogens is 1. The number of anilines is 1. The minimum Gasteiger partial charge on any atom is -0.481 e. The number of carbonyl (C=O) groups excluding carboxylic acids is 1. The fourth-order valence-electron chi connectivity index (χ4n) is 1.76. The van der Waals surface area contributed by atoms with Crippen LogP contribution in [0.25, 0.3) is 10.7 Å². The summed E-state index contributed by atoms with van der Waals surface area (Å²) in [5.74, 6) is 0.311. The Bertz CT molecular complexity index is 787. The van der Waals surface area contributed by atoms with Crippen LogP contribution in [0.5, 0.6) is 5.75 Å². The van der Waals surface area contributed by atoms with E-state index in [0.29, 0.717) is 16.7 Å². The normalized spacial score (nSPS) is 11.9. The van der Waals surface area contributed by atoms with Gasteiger partial charge in [-0.15, -0.1) is 11.3 Å². The summed E-state index contributed by atoms with van der Waals surface area (Å²) in [4.78, 5) is 17.3. The molecule has 1 unspecified atom stereocenters. The molecular formula is C15H12FN3O2S2. The van der Waals surface area contributed by atoms with Gasteiger partial charge in [0.15, 0.2) is 11.9 Å². The van der Waals surface area contributed by atoms with Crippen LogP contribution in [-0.2, 0) is 4.79 Å². The molecule has 3 rings (SSSR count). The summed E-state index contributed by atoms with van der Waals surface area (Å²) in [7, 11) is 0. The van der Waals surface area contributed by atoms with Gasteiger partial charge in [0.2, 0.25) is 5.13 Å². The van der Waals surface area contributed by atoms with Crippen LogP contribution < -0.4 is 10.1 Å². The van der Waals surface area contributed by atoms with Gasteiger partial charge in [0.25, 0.3) is 5.91 Å². The Balaban J connectivity index is 1.61. The van der Waals surface area contributed by atoms with E-state index < -0.39 is 6.10 Å². The number of benzene rings is 1. The van der Waals surface area contributed by atoms with E-state index in [1.54, 1.807) is 6.92 Å². The first-order valence-electron chi connectivity index (χ1n) is 6.72. The molecule has 0 aliphatic heterocycles. The Morgan fingerprint density at radius 2 is 2.09 bits per heavy atom. The number of ether oxygens (including phenoxy) is 1. The van der Waals surface area contributed by atoms with Gasteiger partial charge in [-0.1, -0.05) is 6.07 Å². The van der Waals surface area contributed by atoms with Crippen molar-refractivity contribution in [2.45, 2.75) is 13.0 Å². The van der Waals surface area contributed by atoms with E-state index in [9.17, 15) is 9.18 Å². The van der Waals surface area contributed by atoms with E-state index in [4.69, 9.17) is 4.74 Å². The molecular weight excluding hydrogens is 337 g/mol. The van der Waals surface area contributed by atoms with Crippen LogP contribution in [0.3, 0.4) is 0 Å². The number of hydrogen-bond acceptors (Lipinski definition) is 6. The van der Waals surface area contributed by atoms with Crippen molar-refractivity contribution in [3.63, 3.8) is 0 Å². The van der Waals surface area contributed by atoms with Crippen molar-refractivity contribution in [2.24, 2.45) is 0 Å². The first kappa shape index (κ1) is 15.6. The third kappa shape index (κ3) is 3.91. The fourth-order valence-corrected chi connectivity index (χ4v) is 3.06. The molecule has 1 N–H and O–H groups in total. The third-order valence-electron chi connectivity index (χ3n) is 2.89. The van der Waals surface area contributed by atoms with Crippen LogP contribution in [0.15, 0.2) is 41.8 Å². The first-order valence-corrected chi connectivity index (χ1v) is 8.38. The summed E-state index contributed by atoms with van der Waals surface area (Å²) in [6.07, 6.45) is -0.741. The van der Waals surface area contributed by atoms with Crippen LogP contribution in [0.4, 0.5) is 9.52 Å². The van der Waals surface area contributed by atoms with Gasteiger partial charge in [0.05, 0.1) is 4.88 Å². The van der Waals surface area contributed by atoms with Gasteiger partial charge < -0.3 is 4.74 Å². The molecule has 0 saturated carbocycles. The van der Waals surface area contributed by atoms with Crippen molar-refractivity contribution in [2.75, 3.05) is 5.32 Å². The predicted molar refractivity (Wildman–Crippen MR) is 88.3 cm³/mol. The van der Waals surface area contributed by atoms with E-state index in [1.165, 1.54) is 35.6 Å². The maximum absolute atomic E-state index is 12.8. The maximum atomic E-state index is 12.8. The highest BCUT2D eigenvalue weighted by Crippen LogP contribution is 2.25. The molecule has 0 radical (unpaired) electrons. The molecule has 1 atom stereocenters. The number of nitrogens with one attached hydrogen (secondary N) is 1. The summed E-state index contributed by atoms with van der Waals surface area (Å²) in [5, 5.41) is 5.02. The highest BCUT2D eigenvalue weighted by Gasteiger charge is 2.17. The molecule has 1 amide bonds. The molecule has 23 heavy (non-hydrogen) atoms. The maximum Gasteiger partial charge on any atom is 0.266 e. The molecule has 8 heteroatoms. The molecule has 118 valence electrons. The molecule has 0 spiro atoms. The van der Waals surface area contributed by atoms with Gasteiger partial charge in [-0.25, -0.2) is 4.39 Å². The number of nitrogens with zero attached hydrogens (tertiary/aromatic N) is 2. The molecule has 0 aliphatic carbocycles. The highest BCUT2D eigenvalue weighted by molar-refractivity contribution is 7.14. The Hall–Kier alpha value is -2.32. The largest absolute Gasteiger partial charge is 0.481 e. The number of thiophene rings is 1. The molecule has 2 heterocycles. The summed E-state index contributed by atoms with van der Waals surface area (Å²) in [6.45, 7) is 1.61. The minimum atomic E-state index is -0.741. The second-order valence-electron chi connectivity index (χ2n) is 4.60. The summed E-state index contributed by atoms with van der Waals surface area (Å²) >= 11 is 2.64. The van der Waals surface area contributed by atoms with E-state index in [-0.39, 0.29) is 11.7 Å². The SMILES string of the molecule is CC(Oc1ccc(F)cc1)C(=O)Nc1nc(-c2cccs2)ns1. The van der Waals surface area contributed by atoms with Crippen LogP contribution >= 0.6 is 22.9 Å². The highest BCUT2D eigenvalue weighted by atomic mass is 32.1. The van der Waals surface area contributed by atoms with Gasteiger partial charge in [-0.05, 0) is 42.6 Å². The Morgan fingerprint density at radius 3 is 2.78 bits per heavy atom. The number of amides is 1. The lowest BCUT2D eigenvalue weighted by Gasteiger charge is -2.13. The zero-order valence-electron chi connectivity index (χ0n) is 12.0. The number of rotatable bonds is 5. The molecule has 0 bridgehead atoms. The lowest BCUT2D eigenvalue weighted by atomic mass is 10.3. The van der Waals surface area contributed by atoms with Crippen molar-refractivity contribution in [3.05, 3.63) is 47.6 Å². The van der Waals surface area contributed by atoms with Crippen molar-refractivity contribution in [1.82, 2.24) is 9.36 Å². The second-order valence-corrected chi connectivity index (χ2v) is 6.30. The van der Waals surface area contributed by atoms with Gasteiger partial charge in [0.1, 0.15) is 11.6 Å². The fraction of sp³-hybridized carbons (Fsp3) is 0.133. The minimum absolute atomic E-state index is 0.344. The van der Waals surface area contributed by atoms with E-state index in [2.05, 4.69) is 14.7 Å². The standard InChI is InChI=1S/C15H12FN3O2S2/c1-9(21-11-6-4-10(16)5-7-11)14(20)18-15-17-13(19-23-15)12-3-2-8-22-12/h2-9H,1H3,(H,17,18,19,20). The topological polar surface area (TPSA) is 64.1 Å². The quantitative estimate of drug-likeness (QED) is 0.761. The van der Waals surface area contributed by atoms with Crippen LogP contribution in [0.2, 0.25) is 0 Å². The lowest BCUT2D eigenvalue weighted by molar-refractivity contribution is -0.122. The summed E-state index contributed by atoms with van der Waals surface area (Å²) in [6, 6.07) is 9.32. The molecule has 5 nitrogen and oxygen atoms in total. The van der Waals surface area contributed by atoms with Gasteiger partial charge >= 0.3 is 0 Å². The van der Waals surface area contributed by atoms with E-state index in [0.717, 1.165) is 16.4 Å². The summed E-state index contributed by atoms with van der Waals surface area (Å²) < 4.78 is 22.5. The molecule has 2 aromatic heterocycles. The van der Waals surface area contributed by atoms with Gasteiger partial charge in [-0.3, -0.25) is 10.1 Å². The van der Waals surface area contributed by atoms with Crippen LogP contribution in [0, 0.1) is 5.82 Å². The predicted octanol–water partition coefficient (Wildman–Crippen LogP) is 3.81. The second kappa shape index (κ2) is 6.84. The lowest BCUT2D eigenvalue weighted by Crippen LogP contribution is -2.30. The van der Waals surface area contributed by atoms with Crippen molar-refractivity contribution in [3.8, 4) is 16.5 Å². The first-order chi connectivity index (χ1) is 11.1. The molecule has 0 saturated heterocycles. The number of aromatic nitrogens is 2. The Morgan fingerprint density at radius 1 is 1.30 bits per heavy atom. The Labute approximate surface area is 139 Å². The number of carbonyl (C=O) groups is 1. The smallest absolute Gasteiger partial charge is 0.266 e. The van der Waals surface area contributed by atoms with Crippen molar-refractivity contribution >= 4 is 33.9 Å². The third-order valence-corrected chi connectivity index (χ3v) is 4.39. The zero-order valence-corrected chi connectivity index (χ0v) is 13.7. The average Bonchev–Trinajstić information content (AvgIpc) is 3.20. The van der Waals surface area contributed by atoms with Crippen LogP contribution in [0.1, 0.15) is 6.92 Å². The molecule has 0 aliphatic rings. The average molecular weight is 349 g/mol. The molecule has 0 fully saturated rings. The van der Waals surface area contributed by atoms with Crippen molar-refractivity contribution < 1.29 is 13.9 Å². The Kier molecular flexibility index (Phi) is 4.63. The zero-order chi connectivity index (χ0) is 16.2. The summed E-state index contributed by atoms with van der Waals surface area (Å²) in [5.41, 5.74) is 0. The molecule has 1 aromatic carbocycles. The molecule has 3 aromatic rings. The van der Waals surface area contributed by atoms with Gasteiger partial charge in [0, 0.05) is 11.5 Å².